The second-order valence-electron chi connectivity index (χ2n) is 5.82. The van der Waals surface area contributed by atoms with Crippen molar-refractivity contribution >= 4 is 5.82 Å². The molecule has 1 saturated heterocycles. The van der Waals surface area contributed by atoms with Crippen LogP contribution in [-0.2, 0) is 17.6 Å². The molecule has 0 bridgehead atoms. The highest BCUT2D eigenvalue weighted by Gasteiger charge is 2.23. The molecule has 0 saturated carbocycles. The Kier molecular flexibility index (Phi) is 3.72. The molecule has 0 atom stereocenters. The molecule has 2 aromatic heterocycles. The maximum absolute atomic E-state index is 5.48. The minimum absolute atomic E-state index is 0.753. The number of hydrogen-bond donors (Lipinski definition) is 0. The molecule has 1 aliphatic carbocycles. The van der Waals surface area contributed by atoms with Crippen LogP contribution < -0.4 is 4.90 Å². The van der Waals surface area contributed by atoms with Crippen LogP contribution in [0.2, 0.25) is 0 Å². The standard InChI is InChI=1S/C17H20N4O/c1-2-6-14-13(5-1)17(21-9-11-22-12-10-21)20-16(19-14)15-7-3-4-8-18-15/h3-4,7-8H,1-2,5-6,9-12H2. The Morgan fingerprint density at radius 2 is 1.86 bits per heavy atom. The highest BCUT2D eigenvalue weighted by molar-refractivity contribution is 5.58. The van der Waals surface area contributed by atoms with Crippen LogP contribution in [0.3, 0.4) is 0 Å². The molecule has 0 amide bonds. The zero-order valence-corrected chi connectivity index (χ0v) is 12.7. The van der Waals surface area contributed by atoms with E-state index in [0.29, 0.717) is 0 Å². The van der Waals surface area contributed by atoms with E-state index in [4.69, 9.17) is 14.7 Å². The molecule has 2 aromatic rings. The Morgan fingerprint density at radius 1 is 1.00 bits per heavy atom. The van der Waals surface area contributed by atoms with Crippen LogP contribution in [0.25, 0.3) is 11.5 Å². The van der Waals surface area contributed by atoms with E-state index in [1.807, 2.05) is 18.2 Å². The van der Waals surface area contributed by atoms with Crippen LogP contribution in [0.5, 0.6) is 0 Å². The fourth-order valence-electron chi connectivity index (χ4n) is 3.22. The van der Waals surface area contributed by atoms with Gasteiger partial charge in [0.1, 0.15) is 11.5 Å². The average Bonchev–Trinajstić information content (AvgIpc) is 2.62. The molecule has 5 heteroatoms. The molecule has 22 heavy (non-hydrogen) atoms. The molecule has 5 nitrogen and oxygen atoms in total. The van der Waals surface area contributed by atoms with Gasteiger partial charge in [-0.1, -0.05) is 6.07 Å². The van der Waals surface area contributed by atoms with Crippen molar-refractivity contribution in [2.24, 2.45) is 0 Å². The van der Waals surface area contributed by atoms with Crippen molar-refractivity contribution in [3.8, 4) is 11.5 Å². The lowest BCUT2D eigenvalue weighted by molar-refractivity contribution is 0.122. The van der Waals surface area contributed by atoms with E-state index >= 15 is 0 Å². The smallest absolute Gasteiger partial charge is 0.180 e. The summed E-state index contributed by atoms with van der Waals surface area (Å²) in [6.45, 7) is 3.37. The van der Waals surface area contributed by atoms with E-state index in [1.165, 1.54) is 24.1 Å². The third kappa shape index (κ3) is 2.57. The molecule has 4 rings (SSSR count). The summed E-state index contributed by atoms with van der Waals surface area (Å²) in [6, 6.07) is 5.89. The summed E-state index contributed by atoms with van der Waals surface area (Å²) in [7, 11) is 0. The minimum atomic E-state index is 0.753. The maximum atomic E-state index is 5.48. The highest BCUT2D eigenvalue weighted by Crippen LogP contribution is 2.30. The van der Waals surface area contributed by atoms with E-state index < -0.39 is 0 Å². The van der Waals surface area contributed by atoms with Crippen molar-refractivity contribution in [3.05, 3.63) is 35.7 Å². The van der Waals surface area contributed by atoms with Gasteiger partial charge in [-0.3, -0.25) is 4.98 Å². The van der Waals surface area contributed by atoms with Gasteiger partial charge in [-0.05, 0) is 37.8 Å². The molecule has 1 aliphatic heterocycles. The number of nitrogens with zero attached hydrogens (tertiary/aromatic N) is 4. The van der Waals surface area contributed by atoms with Crippen LogP contribution >= 0.6 is 0 Å². The van der Waals surface area contributed by atoms with E-state index in [0.717, 1.165) is 56.5 Å². The molecule has 0 radical (unpaired) electrons. The zero-order chi connectivity index (χ0) is 14.8. The summed E-state index contributed by atoms with van der Waals surface area (Å²) >= 11 is 0. The number of rotatable bonds is 2. The second kappa shape index (κ2) is 6.01. The molecular formula is C17H20N4O. The highest BCUT2D eigenvalue weighted by atomic mass is 16.5. The lowest BCUT2D eigenvalue weighted by Gasteiger charge is -2.31. The molecule has 1 fully saturated rings. The maximum Gasteiger partial charge on any atom is 0.180 e. The SMILES string of the molecule is c1ccc(-c2nc3c(c(N4CCOCC4)n2)CCCC3)nc1. The average molecular weight is 296 g/mol. The van der Waals surface area contributed by atoms with Crippen molar-refractivity contribution in [3.63, 3.8) is 0 Å². The van der Waals surface area contributed by atoms with Crippen LogP contribution in [0.1, 0.15) is 24.1 Å². The first-order valence-electron chi connectivity index (χ1n) is 8.06. The Hall–Kier alpha value is -2.01. The quantitative estimate of drug-likeness (QED) is 0.851. The largest absolute Gasteiger partial charge is 0.378 e. The van der Waals surface area contributed by atoms with Gasteiger partial charge in [0.2, 0.25) is 0 Å². The lowest BCUT2D eigenvalue weighted by atomic mass is 9.96. The van der Waals surface area contributed by atoms with Crippen molar-refractivity contribution in [2.45, 2.75) is 25.7 Å². The molecule has 0 aromatic carbocycles. The van der Waals surface area contributed by atoms with Gasteiger partial charge >= 0.3 is 0 Å². The topological polar surface area (TPSA) is 51.1 Å². The summed E-state index contributed by atoms with van der Waals surface area (Å²) < 4.78 is 5.48. The first kappa shape index (κ1) is 13.6. The molecular weight excluding hydrogens is 276 g/mol. The summed E-state index contributed by atoms with van der Waals surface area (Å²) in [5.74, 6) is 1.86. The molecule has 3 heterocycles. The summed E-state index contributed by atoms with van der Waals surface area (Å²) in [5.41, 5.74) is 3.40. The van der Waals surface area contributed by atoms with Gasteiger partial charge in [-0.15, -0.1) is 0 Å². The predicted octanol–water partition coefficient (Wildman–Crippen LogP) is 2.25. The number of pyridine rings is 1. The van der Waals surface area contributed by atoms with Gasteiger partial charge in [0.25, 0.3) is 0 Å². The van der Waals surface area contributed by atoms with E-state index in [2.05, 4.69) is 9.88 Å². The van der Waals surface area contributed by atoms with Crippen LogP contribution in [0, 0.1) is 0 Å². The number of aromatic nitrogens is 3. The van der Waals surface area contributed by atoms with Gasteiger partial charge in [0.15, 0.2) is 5.82 Å². The molecule has 0 unspecified atom stereocenters. The van der Waals surface area contributed by atoms with Gasteiger partial charge in [0, 0.05) is 30.5 Å². The Bertz CT molecular complexity index is 653. The fourth-order valence-corrected chi connectivity index (χ4v) is 3.22. The Labute approximate surface area is 130 Å². The normalized spacial score (nSPS) is 18.1. The Balaban J connectivity index is 1.80. The fraction of sp³-hybridized carbons (Fsp3) is 0.471. The third-order valence-electron chi connectivity index (χ3n) is 4.37. The number of aryl methyl sites for hydroxylation is 1. The van der Waals surface area contributed by atoms with Gasteiger partial charge < -0.3 is 9.64 Å². The predicted molar refractivity (Wildman–Crippen MR) is 84.9 cm³/mol. The van der Waals surface area contributed by atoms with Gasteiger partial charge in [0.05, 0.1) is 13.2 Å². The van der Waals surface area contributed by atoms with Gasteiger partial charge in [-0.25, -0.2) is 9.97 Å². The first-order valence-corrected chi connectivity index (χ1v) is 8.06. The summed E-state index contributed by atoms with van der Waals surface area (Å²) in [5, 5.41) is 0. The van der Waals surface area contributed by atoms with Crippen molar-refractivity contribution in [1.29, 1.82) is 0 Å². The molecule has 114 valence electrons. The van der Waals surface area contributed by atoms with E-state index in [9.17, 15) is 0 Å². The van der Waals surface area contributed by atoms with E-state index in [-0.39, 0.29) is 0 Å². The number of hydrogen-bond acceptors (Lipinski definition) is 5. The molecule has 0 N–H and O–H groups in total. The zero-order valence-electron chi connectivity index (χ0n) is 12.7. The summed E-state index contributed by atoms with van der Waals surface area (Å²) in [4.78, 5) is 16.4. The number of anilines is 1. The lowest BCUT2D eigenvalue weighted by Crippen LogP contribution is -2.38. The van der Waals surface area contributed by atoms with Gasteiger partial charge in [-0.2, -0.15) is 0 Å². The monoisotopic (exact) mass is 296 g/mol. The first-order chi connectivity index (χ1) is 10.9. The molecule has 0 spiro atoms. The minimum Gasteiger partial charge on any atom is -0.378 e. The van der Waals surface area contributed by atoms with Crippen molar-refractivity contribution in [1.82, 2.24) is 15.0 Å². The van der Waals surface area contributed by atoms with E-state index in [1.54, 1.807) is 6.20 Å². The van der Waals surface area contributed by atoms with Crippen molar-refractivity contribution in [2.75, 3.05) is 31.2 Å². The second-order valence-corrected chi connectivity index (χ2v) is 5.82. The third-order valence-corrected chi connectivity index (χ3v) is 4.37. The summed E-state index contributed by atoms with van der Waals surface area (Å²) in [6.07, 6.45) is 6.39. The van der Waals surface area contributed by atoms with Crippen LogP contribution in [-0.4, -0.2) is 41.3 Å². The van der Waals surface area contributed by atoms with Crippen LogP contribution in [0.15, 0.2) is 24.4 Å². The number of fused-ring (bicyclic) bond motifs is 1. The number of morpholine rings is 1. The van der Waals surface area contributed by atoms with Crippen LogP contribution in [0.4, 0.5) is 5.82 Å². The number of ether oxygens (including phenoxy) is 1. The van der Waals surface area contributed by atoms with Crippen molar-refractivity contribution < 1.29 is 4.74 Å². The Morgan fingerprint density at radius 3 is 2.68 bits per heavy atom. The molecule has 2 aliphatic rings.